The lowest BCUT2D eigenvalue weighted by atomic mass is 10.0. The van der Waals surface area contributed by atoms with E-state index in [2.05, 4.69) is 5.32 Å². The minimum Gasteiger partial charge on any atom is -0.507 e. The van der Waals surface area contributed by atoms with Gasteiger partial charge in [0.2, 0.25) is 5.91 Å². The van der Waals surface area contributed by atoms with Crippen molar-refractivity contribution in [2.75, 3.05) is 6.54 Å². The molecule has 0 saturated heterocycles. The summed E-state index contributed by atoms with van der Waals surface area (Å²) in [7, 11) is 0. The van der Waals surface area contributed by atoms with Crippen molar-refractivity contribution in [3.8, 4) is 5.75 Å². The van der Waals surface area contributed by atoms with Gasteiger partial charge in [0, 0.05) is 6.54 Å². The summed E-state index contributed by atoms with van der Waals surface area (Å²) >= 11 is 0. The van der Waals surface area contributed by atoms with E-state index in [1.807, 2.05) is 0 Å². The number of hydrogen-bond donors (Lipinski definition) is 2. The first kappa shape index (κ1) is 18.6. The molecule has 2 N–H and O–H groups in total. The third-order valence-corrected chi connectivity index (χ3v) is 4.49. The Hall–Kier alpha value is -3.15. The topological polar surface area (TPSA) is 79.5 Å². The number of carbonyl (C=O) groups is 1. The molecule has 5 nitrogen and oxygen atoms in total. The van der Waals surface area contributed by atoms with Crippen LogP contribution in [-0.2, 0) is 17.6 Å². The predicted molar refractivity (Wildman–Crippen MR) is 100 cm³/mol. The average molecular weight is 369 g/mol. The van der Waals surface area contributed by atoms with Gasteiger partial charge in [0.05, 0.1) is 17.4 Å². The molecule has 0 radical (unpaired) electrons. The Balaban J connectivity index is 1.73. The first-order chi connectivity index (χ1) is 12.8. The van der Waals surface area contributed by atoms with Gasteiger partial charge in [-0.05, 0) is 61.2 Å². The van der Waals surface area contributed by atoms with Crippen molar-refractivity contribution in [2.45, 2.75) is 26.7 Å². The van der Waals surface area contributed by atoms with Crippen LogP contribution in [0.25, 0.3) is 11.0 Å². The molecule has 6 heteroatoms. The van der Waals surface area contributed by atoms with E-state index in [9.17, 15) is 19.1 Å². The summed E-state index contributed by atoms with van der Waals surface area (Å²) in [4.78, 5) is 24.5. The number of rotatable bonds is 5. The number of carbonyl (C=O) groups excluding carboxylic acids is 1. The Kier molecular flexibility index (Phi) is 5.26. The number of fused-ring (bicyclic) bond motifs is 1. The minimum absolute atomic E-state index is 0.0178. The molecule has 2 aromatic carbocycles. The lowest BCUT2D eigenvalue weighted by Gasteiger charge is -2.10. The summed E-state index contributed by atoms with van der Waals surface area (Å²) < 4.78 is 18.2. The van der Waals surface area contributed by atoms with Crippen LogP contribution in [0.2, 0.25) is 0 Å². The van der Waals surface area contributed by atoms with Gasteiger partial charge >= 0.3 is 5.63 Å². The van der Waals surface area contributed by atoms with Gasteiger partial charge in [0.25, 0.3) is 0 Å². The van der Waals surface area contributed by atoms with E-state index in [-0.39, 0.29) is 29.5 Å². The first-order valence-electron chi connectivity index (χ1n) is 8.62. The molecule has 1 aromatic heterocycles. The molecular weight excluding hydrogens is 349 g/mol. The molecule has 3 rings (SSSR count). The van der Waals surface area contributed by atoms with E-state index in [0.717, 1.165) is 11.1 Å². The van der Waals surface area contributed by atoms with Crippen molar-refractivity contribution in [2.24, 2.45) is 0 Å². The SMILES string of the molecule is Cc1cc(O)c2c(C)c(CC(=O)NCCc3ccc(F)cc3)c(=O)oc2c1. The van der Waals surface area contributed by atoms with Gasteiger partial charge in [0.1, 0.15) is 17.1 Å². The average Bonchev–Trinajstić information content (AvgIpc) is 2.59. The zero-order valence-corrected chi connectivity index (χ0v) is 15.1. The van der Waals surface area contributed by atoms with Gasteiger partial charge < -0.3 is 14.8 Å². The quantitative estimate of drug-likeness (QED) is 0.677. The normalized spacial score (nSPS) is 10.9. The Morgan fingerprint density at radius 3 is 2.59 bits per heavy atom. The van der Waals surface area contributed by atoms with Crippen molar-refractivity contribution in [3.63, 3.8) is 0 Å². The number of phenols is 1. The summed E-state index contributed by atoms with van der Waals surface area (Å²) in [5, 5.41) is 13.4. The number of halogens is 1. The maximum Gasteiger partial charge on any atom is 0.340 e. The Morgan fingerprint density at radius 1 is 1.19 bits per heavy atom. The smallest absolute Gasteiger partial charge is 0.340 e. The molecule has 0 fully saturated rings. The summed E-state index contributed by atoms with van der Waals surface area (Å²) in [5.41, 5.74) is 2.15. The third-order valence-electron chi connectivity index (χ3n) is 4.49. The highest BCUT2D eigenvalue weighted by molar-refractivity contribution is 5.89. The molecule has 0 aliphatic rings. The van der Waals surface area contributed by atoms with E-state index in [0.29, 0.717) is 29.5 Å². The Bertz CT molecular complexity index is 1050. The highest BCUT2D eigenvalue weighted by Gasteiger charge is 2.17. The van der Waals surface area contributed by atoms with E-state index < -0.39 is 5.63 Å². The van der Waals surface area contributed by atoms with Gasteiger partial charge in [-0.25, -0.2) is 9.18 Å². The lowest BCUT2D eigenvalue weighted by molar-refractivity contribution is -0.120. The molecule has 3 aromatic rings. The molecule has 0 spiro atoms. The van der Waals surface area contributed by atoms with Crippen LogP contribution in [0.5, 0.6) is 5.75 Å². The van der Waals surface area contributed by atoms with E-state index >= 15 is 0 Å². The molecule has 0 aliphatic carbocycles. The number of aromatic hydroxyl groups is 1. The molecule has 0 aliphatic heterocycles. The maximum absolute atomic E-state index is 12.9. The molecule has 0 unspecified atom stereocenters. The molecule has 0 saturated carbocycles. The van der Waals surface area contributed by atoms with Gasteiger partial charge in [-0.15, -0.1) is 0 Å². The number of nitrogens with one attached hydrogen (secondary N) is 1. The third kappa shape index (κ3) is 4.16. The molecule has 140 valence electrons. The highest BCUT2D eigenvalue weighted by atomic mass is 19.1. The summed E-state index contributed by atoms with van der Waals surface area (Å²) in [6.07, 6.45) is 0.415. The molecule has 1 heterocycles. The van der Waals surface area contributed by atoms with Gasteiger partial charge in [-0.1, -0.05) is 12.1 Å². The summed E-state index contributed by atoms with van der Waals surface area (Å²) in [5.74, 6) is -0.609. The molecule has 0 atom stereocenters. The summed E-state index contributed by atoms with van der Waals surface area (Å²) in [6, 6.07) is 9.32. The van der Waals surface area contributed by atoms with Gasteiger partial charge in [-0.3, -0.25) is 4.79 Å². The lowest BCUT2D eigenvalue weighted by Crippen LogP contribution is -2.29. The van der Waals surface area contributed by atoms with Crippen LogP contribution >= 0.6 is 0 Å². The monoisotopic (exact) mass is 369 g/mol. The summed E-state index contributed by atoms with van der Waals surface area (Å²) in [6.45, 7) is 3.85. The second kappa shape index (κ2) is 7.61. The number of phenolic OH excluding ortho intramolecular Hbond substituents is 1. The molecule has 0 bridgehead atoms. The molecule has 1 amide bonds. The highest BCUT2D eigenvalue weighted by Crippen LogP contribution is 2.29. The number of amides is 1. The zero-order valence-electron chi connectivity index (χ0n) is 15.1. The van der Waals surface area contributed by atoms with Crippen LogP contribution in [0, 0.1) is 19.7 Å². The van der Waals surface area contributed by atoms with Gasteiger partial charge in [0.15, 0.2) is 0 Å². The van der Waals surface area contributed by atoms with Crippen molar-refractivity contribution in [1.82, 2.24) is 5.32 Å². The Labute approximate surface area is 155 Å². The largest absolute Gasteiger partial charge is 0.507 e. The van der Waals surface area contributed by atoms with E-state index in [4.69, 9.17) is 4.42 Å². The van der Waals surface area contributed by atoms with E-state index in [1.165, 1.54) is 12.1 Å². The fourth-order valence-electron chi connectivity index (χ4n) is 3.08. The van der Waals surface area contributed by atoms with Crippen LogP contribution in [-0.4, -0.2) is 17.6 Å². The first-order valence-corrected chi connectivity index (χ1v) is 8.62. The zero-order chi connectivity index (χ0) is 19.6. The van der Waals surface area contributed by atoms with Crippen molar-refractivity contribution >= 4 is 16.9 Å². The second-order valence-electron chi connectivity index (χ2n) is 6.55. The fourth-order valence-corrected chi connectivity index (χ4v) is 3.08. The molecular formula is C21H20FNO4. The van der Waals surface area contributed by atoms with Crippen LogP contribution in [0.1, 0.15) is 22.3 Å². The Morgan fingerprint density at radius 2 is 1.89 bits per heavy atom. The minimum atomic E-state index is -0.585. The van der Waals surface area contributed by atoms with E-state index in [1.54, 1.807) is 38.1 Å². The van der Waals surface area contributed by atoms with Crippen LogP contribution in [0.15, 0.2) is 45.6 Å². The van der Waals surface area contributed by atoms with Crippen LogP contribution in [0.4, 0.5) is 4.39 Å². The fraction of sp³-hybridized carbons (Fsp3) is 0.238. The second-order valence-corrected chi connectivity index (χ2v) is 6.55. The standard InChI is InChI=1S/C21H20FNO4/c1-12-9-17(24)20-13(2)16(21(26)27-18(20)10-12)11-19(25)23-8-7-14-3-5-15(22)6-4-14/h3-6,9-10,24H,7-8,11H2,1-2H3,(H,23,25). The number of hydrogen-bond acceptors (Lipinski definition) is 4. The number of aryl methyl sites for hydroxylation is 2. The maximum atomic E-state index is 12.9. The van der Waals surface area contributed by atoms with Crippen LogP contribution in [0.3, 0.4) is 0 Å². The van der Waals surface area contributed by atoms with Gasteiger partial charge in [-0.2, -0.15) is 0 Å². The molecule has 27 heavy (non-hydrogen) atoms. The predicted octanol–water partition coefficient (Wildman–Crippen LogP) is 3.16. The van der Waals surface area contributed by atoms with Crippen molar-refractivity contribution in [1.29, 1.82) is 0 Å². The van der Waals surface area contributed by atoms with Crippen molar-refractivity contribution in [3.05, 3.63) is 74.9 Å². The number of benzene rings is 2. The van der Waals surface area contributed by atoms with Crippen molar-refractivity contribution < 1.29 is 18.7 Å². The van der Waals surface area contributed by atoms with Crippen LogP contribution < -0.4 is 10.9 Å².